The molecule has 0 saturated heterocycles. The van der Waals surface area contributed by atoms with Crippen molar-refractivity contribution in [3.8, 4) is 16.3 Å². The molecule has 0 aliphatic rings. The smallest absolute Gasteiger partial charge is 0.331 e. The van der Waals surface area contributed by atoms with Gasteiger partial charge < -0.3 is 10.1 Å². The van der Waals surface area contributed by atoms with E-state index in [0.29, 0.717) is 11.3 Å². The second-order valence-electron chi connectivity index (χ2n) is 7.43. The number of nitrogens with zero attached hydrogens (tertiary/aromatic N) is 2. The maximum absolute atomic E-state index is 14.2. The molecule has 0 saturated carbocycles. The maximum Gasteiger partial charge on any atom is 0.331 e. The molecule has 1 amide bonds. The summed E-state index contributed by atoms with van der Waals surface area (Å²) in [6.07, 6.45) is 4.56. The predicted octanol–water partition coefficient (Wildman–Crippen LogP) is 5.14. The second-order valence-corrected chi connectivity index (χ2v) is 8.38. The number of benzene rings is 2. The van der Waals surface area contributed by atoms with Gasteiger partial charge in [-0.05, 0) is 47.9 Å². The highest BCUT2D eigenvalue weighted by atomic mass is 32.1. The van der Waals surface area contributed by atoms with E-state index in [0.717, 1.165) is 16.6 Å². The molecule has 35 heavy (non-hydrogen) atoms. The summed E-state index contributed by atoms with van der Waals surface area (Å²) in [7, 11) is 0. The van der Waals surface area contributed by atoms with Crippen LogP contribution >= 0.6 is 11.3 Å². The lowest BCUT2D eigenvalue weighted by molar-refractivity contribution is -0.136. The SMILES string of the molecule is CC(=O)Nc1ccc(C(=O)COC(=O)/C=C/c2cn(-c3ccccc3)nc2-c2cccs2)c(F)c1. The predicted molar refractivity (Wildman–Crippen MR) is 132 cm³/mol. The van der Waals surface area contributed by atoms with Crippen LogP contribution in [0.5, 0.6) is 0 Å². The molecular weight excluding hydrogens is 469 g/mol. The number of hydrogen-bond acceptors (Lipinski definition) is 6. The minimum Gasteiger partial charge on any atom is -0.454 e. The average Bonchev–Trinajstić information content (AvgIpc) is 3.51. The Kier molecular flexibility index (Phi) is 7.27. The number of esters is 1. The maximum atomic E-state index is 14.2. The van der Waals surface area contributed by atoms with Gasteiger partial charge in [0, 0.05) is 30.4 Å². The molecule has 4 aromatic rings. The van der Waals surface area contributed by atoms with Gasteiger partial charge in [0.1, 0.15) is 11.5 Å². The molecule has 2 aromatic heterocycles. The summed E-state index contributed by atoms with van der Waals surface area (Å²) < 4.78 is 21.0. The Labute approximate surface area is 204 Å². The summed E-state index contributed by atoms with van der Waals surface area (Å²) in [5.74, 6) is -2.63. The van der Waals surface area contributed by atoms with Crippen molar-refractivity contribution in [2.75, 3.05) is 11.9 Å². The van der Waals surface area contributed by atoms with E-state index in [1.54, 1.807) is 17.0 Å². The standard InChI is InChI=1S/C26H20FN3O4S/c1-17(31)28-19-10-11-21(22(27)14-19)23(32)16-34-25(33)12-9-18-15-30(20-6-3-2-4-7-20)29-26(18)24-8-5-13-35-24/h2-15H,16H2,1H3,(H,28,31)/b12-9+. The van der Waals surface area contributed by atoms with Crippen LogP contribution in [-0.2, 0) is 14.3 Å². The van der Waals surface area contributed by atoms with Crippen LogP contribution in [0, 0.1) is 5.82 Å². The van der Waals surface area contributed by atoms with Gasteiger partial charge in [-0.25, -0.2) is 13.9 Å². The van der Waals surface area contributed by atoms with Gasteiger partial charge in [-0.15, -0.1) is 11.3 Å². The first-order chi connectivity index (χ1) is 16.9. The summed E-state index contributed by atoms with van der Waals surface area (Å²) in [5.41, 5.74) is 2.25. The largest absolute Gasteiger partial charge is 0.454 e. The number of anilines is 1. The number of rotatable bonds is 8. The molecule has 2 heterocycles. The van der Waals surface area contributed by atoms with Crippen molar-refractivity contribution in [3.63, 3.8) is 0 Å². The Morgan fingerprint density at radius 2 is 1.91 bits per heavy atom. The van der Waals surface area contributed by atoms with Crippen LogP contribution in [0.15, 0.2) is 78.3 Å². The van der Waals surface area contributed by atoms with Crippen LogP contribution in [-0.4, -0.2) is 34.0 Å². The number of aromatic nitrogens is 2. The highest BCUT2D eigenvalue weighted by Gasteiger charge is 2.15. The molecular formula is C26H20FN3O4S. The minimum atomic E-state index is -0.818. The molecule has 0 atom stereocenters. The van der Waals surface area contributed by atoms with E-state index in [1.807, 2.05) is 47.8 Å². The molecule has 0 aliphatic carbocycles. The van der Waals surface area contributed by atoms with E-state index in [1.165, 1.54) is 36.5 Å². The number of carbonyl (C=O) groups is 3. The van der Waals surface area contributed by atoms with Crippen LogP contribution in [0.2, 0.25) is 0 Å². The topological polar surface area (TPSA) is 90.3 Å². The first-order valence-corrected chi connectivity index (χ1v) is 11.4. The Hall–Kier alpha value is -4.37. The molecule has 1 N–H and O–H groups in total. The zero-order chi connectivity index (χ0) is 24.8. The molecule has 176 valence electrons. The van der Waals surface area contributed by atoms with Gasteiger partial charge in [0.15, 0.2) is 6.61 Å². The lowest BCUT2D eigenvalue weighted by Gasteiger charge is -2.06. The van der Waals surface area contributed by atoms with Crippen LogP contribution in [0.3, 0.4) is 0 Å². The first-order valence-electron chi connectivity index (χ1n) is 10.5. The van der Waals surface area contributed by atoms with Crippen molar-refractivity contribution in [2.24, 2.45) is 0 Å². The Morgan fingerprint density at radius 3 is 2.60 bits per heavy atom. The van der Waals surface area contributed by atoms with Crippen molar-refractivity contribution < 1.29 is 23.5 Å². The van der Waals surface area contributed by atoms with Crippen LogP contribution < -0.4 is 5.32 Å². The number of halogens is 1. The van der Waals surface area contributed by atoms with Crippen LogP contribution in [0.1, 0.15) is 22.8 Å². The number of nitrogens with one attached hydrogen (secondary N) is 1. The normalized spacial score (nSPS) is 10.9. The van der Waals surface area contributed by atoms with Crippen molar-refractivity contribution in [3.05, 3.63) is 95.3 Å². The Bertz CT molecular complexity index is 1400. The highest BCUT2D eigenvalue weighted by molar-refractivity contribution is 7.13. The number of ketones is 1. The van der Waals surface area contributed by atoms with E-state index in [9.17, 15) is 18.8 Å². The van der Waals surface area contributed by atoms with Gasteiger partial charge in [0.25, 0.3) is 0 Å². The third-order valence-corrected chi connectivity index (χ3v) is 5.73. The van der Waals surface area contributed by atoms with E-state index in [-0.39, 0.29) is 17.2 Å². The van der Waals surface area contributed by atoms with Gasteiger partial charge in [-0.1, -0.05) is 24.3 Å². The molecule has 0 bridgehead atoms. The quantitative estimate of drug-likeness (QED) is 0.210. The highest BCUT2D eigenvalue weighted by Crippen LogP contribution is 2.28. The second kappa shape index (κ2) is 10.7. The third kappa shape index (κ3) is 5.96. The molecule has 0 aliphatic heterocycles. The zero-order valence-electron chi connectivity index (χ0n) is 18.6. The molecule has 0 unspecified atom stereocenters. The summed E-state index contributed by atoms with van der Waals surface area (Å²) in [5, 5.41) is 9.02. The monoisotopic (exact) mass is 489 g/mol. The molecule has 0 radical (unpaired) electrons. The summed E-state index contributed by atoms with van der Waals surface area (Å²) >= 11 is 1.52. The van der Waals surface area contributed by atoms with Gasteiger partial charge in [-0.2, -0.15) is 5.10 Å². The van der Waals surface area contributed by atoms with E-state index in [4.69, 9.17) is 4.74 Å². The number of Topliss-reactive ketones (excluding diaryl/α,β-unsaturated/α-hetero) is 1. The fourth-order valence-corrected chi connectivity index (χ4v) is 4.00. The fourth-order valence-electron chi connectivity index (χ4n) is 3.27. The third-order valence-electron chi connectivity index (χ3n) is 4.85. The number of thiophene rings is 1. The molecule has 2 aromatic carbocycles. The lowest BCUT2D eigenvalue weighted by atomic mass is 10.1. The van der Waals surface area contributed by atoms with E-state index < -0.39 is 24.2 Å². The van der Waals surface area contributed by atoms with Crippen molar-refractivity contribution in [2.45, 2.75) is 6.92 Å². The van der Waals surface area contributed by atoms with E-state index in [2.05, 4.69) is 10.4 Å². The summed E-state index contributed by atoms with van der Waals surface area (Å²) in [6, 6.07) is 17.1. The fraction of sp³-hybridized carbons (Fsp3) is 0.0769. The van der Waals surface area contributed by atoms with Gasteiger partial charge in [0.2, 0.25) is 11.7 Å². The number of para-hydroxylation sites is 1. The van der Waals surface area contributed by atoms with Crippen molar-refractivity contribution >= 4 is 40.8 Å². The summed E-state index contributed by atoms with van der Waals surface area (Å²) in [6.45, 7) is 0.667. The number of hydrogen-bond donors (Lipinski definition) is 1. The average molecular weight is 490 g/mol. The van der Waals surface area contributed by atoms with Gasteiger partial charge in [0.05, 0.1) is 16.1 Å². The first kappa shape index (κ1) is 23.8. The van der Waals surface area contributed by atoms with Crippen LogP contribution in [0.25, 0.3) is 22.3 Å². The van der Waals surface area contributed by atoms with Gasteiger partial charge in [-0.3, -0.25) is 9.59 Å². The Morgan fingerprint density at radius 1 is 1.11 bits per heavy atom. The van der Waals surface area contributed by atoms with E-state index >= 15 is 0 Å². The summed E-state index contributed by atoms with van der Waals surface area (Å²) in [4.78, 5) is 36.6. The van der Waals surface area contributed by atoms with Gasteiger partial charge >= 0.3 is 5.97 Å². The van der Waals surface area contributed by atoms with Crippen molar-refractivity contribution in [1.29, 1.82) is 0 Å². The lowest BCUT2D eigenvalue weighted by Crippen LogP contribution is -2.14. The zero-order valence-corrected chi connectivity index (χ0v) is 19.4. The van der Waals surface area contributed by atoms with Crippen LogP contribution in [0.4, 0.5) is 10.1 Å². The molecule has 9 heteroatoms. The molecule has 4 rings (SSSR count). The van der Waals surface area contributed by atoms with Crippen molar-refractivity contribution in [1.82, 2.24) is 9.78 Å². The number of ether oxygens (including phenoxy) is 1. The minimum absolute atomic E-state index is 0.226. The molecule has 0 fully saturated rings. The number of amides is 1. The Balaban J connectivity index is 1.45. The number of carbonyl (C=O) groups excluding carboxylic acids is 3. The molecule has 0 spiro atoms. The molecule has 7 nitrogen and oxygen atoms in total.